The number of tetrazole rings is 1. The first kappa shape index (κ1) is 31.0. The molecule has 0 saturated heterocycles. The van der Waals surface area contributed by atoms with Gasteiger partial charge in [0.15, 0.2) is 0 Å². The molecule has 3 N–H and O–H groups in total. The highest BCUT2D eigenvalue weighted by Gasteiger charge is 2.39. The number of rotatable bonds is 10. The molecule has 0 radical (unpaired) electrons. The fraction of sp³-hybridized carbons (Fsp3) is 0.250. The first-order valence-corrected chi connectivity index (χ1v) is 14.3. The first-order chi connectivity index (χ1) is 21.6. The highest BCUT2D eigenvalue weighted by molar-refractivity contribution is 6.02. The fourth-order valence-electron chi connectivity index (χ4n) is 4.88. The number of carbonyl (C=O) groups is 3. The van der Waals surface area contributed by atoms with Crippen LogP contribution in [0.3, 0.4) is 0 Å². The van der Waals surface area contributed by atoms with Crippen LogP contribution in [0.2, 0.25) is 0 Å². The van der Waals surface area contributed by atoms with Crippen molar-refractivity contribution in [2.75, 3.05) is 16.8 Å². The van der Waals surface area contributed by atoms with E-state index in [0.717, 1.165) is 24.8 Å². The van der Waals surface area contributed by atoms with Crippen molar-refractivity contribution in [3.63, 3.8) is 0 Å². The number of halogens is 2. The van der Waals surface area contributed by atoms with Gasteiger partial charge < -0.3 is 15.7 Å². The maximum absolute atomic E-state index is 13.7. The number of carboxylic acid groups (broad SMARTS) is 1. The number of nitrogens with zero attached hydrogens (tertiary/aromatic N) is 5. The minimum absolute atomic E-state index is 0.0653. The number of amides is 3. The molecule has 1 aromatic heterocycles. The van der Waals surface area contributed by atoms with Gasteiger partial charge in [-0.05, 0) is 84.0 Å². The first-order valence-electron chi connectivity index (χ1n) is 14.3. The maximum atomic E-state index is 13.7. The van der Waals surface area contributed by atoms with Crippen LogP contribution in [0, 0.1) is 0 Å². The van der Waals surface area contributed by atoms with Crippen molar-refractivity contribution < 1.29 is 28.3 Å². The number of anilines is 2. The van der Waals surface area contributed by atoms with Gasteiger partial charge in [-0.2, -0.15) is 13.6 Å². The normalized spacial score (nSPS) is 13.1. The summed E-state index contributed by atoms with van der Waals surface area (Å²) in [4.78, 5) is 39.6. The maximum Gasteiger partial charge on any atom is 0.376 e. The number of carbonyl (C=O) groups excluding carboxylic acids is 2. The van der Waals surface area contributed by atoms with E-state index in [1.807, 2.05) is 35.6 Å². The average molecular weight is 616 g/mol. The summed E-state index contributed by atoms with van der Waals surface area (Å²) in [6.07, 6.45) is 6.63. The van der Waals surface area contributed by atoms with E-state index in [-0.39, 0.29) is 12.1 Å². The molecule has 11 nitrogen and oxygen atoms in total. The number of hydrogen-bond donors (Lipinski definition) is 3. The number of hydrogen-bond acceptors (Lipinski definition) is 6. The van der Waals surface area contributed by atoms with E-state index in [9.17, 15) is 23.2 Å². The number of urea groups is 1. The Morgan fingerprint density at radius 2 is 1.76 bits per heavy atom. The molecule has 0 aliphatic heterocycles. The monoisotopic (exact) mass is 615 g/mol. The van der Waals surface area contributed by atoms with Gasteiger partial charge in [-0.15, -0.1) is 10.2 Å². The van der Waals surface area contributed by atoms with Gasteiger partial charge >= 0.3 is 17.9 Å². The molecule has 45 heavy (non-hydrogen) atoms. The molecule has 0 unspecified atom stereocenters. The Labute approximate surface area is 257 Å². The third kappa shape index (κ3) is 7.74. The molecule has 0 spiro atoms. The summed E-state index contributed by atoms with van der Waals surface area (Å²) in [5.41, 5.74) is 4.94. The number of aliphatic carboxylic acids is 1. The standard InChI is InChI=1S/C32H31F2N7O4/c1-40-38-28(37-39-40)25-8-5-9-26(18-25)36-31(45)41(27-16-14-23(15-17-27)22-6-3-2-4-7-22)19-21-10-12-24(13-11-21)29(42)35-20-32(33,34)30(43)44/h5-6,8-18H,2-4,7,19-20H2,1H3,(H,35,42)(H,36,45)(H,43,44). The average Bonchev–Trinajstić information content (AvgIpc) is 3.49. The second-order valence-electron chi connectivity index (χ2n) is 10.6. The third-order valence-corrected chi connectivity index (χ3v) is 7.31. The van der Waals surface area contributed by atoms with Crippen molar-refractivity contribution in [1.82, 2.24) is 25.5 Å². The molecule has 4 aromatic rings. The van der Waals surface area contributed by atoms with Crippen LogP contribution in [0.1, 0.15) is 47.2 Å². The third-order valence-electron chi connectivity index (χ3n) is 7.31. The van der Waals surface area contributed by atoms with Gasteiger partial charge in [-0.25, -0.2) is 9.59 Å². The molecule has 0 atom stereocenters. The molecule has 0 saturated carbocycles. The SMILES string of the molecule is Cn1nnc(-c2cccc(NC(=O)N(Cc3ccc(C(=O)NCC(F)(F)C(=O)O)cc3)c3ccc(C4=CCCCC4)cc3)c2)n1. The molecule has 13 heteroatoms. The number of allylic oxidation sites excluding steroid dienone is 2. The lowest BCUT2D eigenvalue weighted by Gasteiger charge is -2.24. The summed E-state index contributed by atoms with van der Waals surface area (Å²) in [6.45, 7) is -1.21. The minimum Gasteiger partial charge on any atom is -0.477 e. The summed E-state index contributed by atoms with van der Waals surface area (Å²) in [6, 6.07) is 20.5. The van der Waals surface area contributed by atoms with Gasteiger partial charge in [-0.1, -0.05) is 42.5 Å². The Bertz CT molecular complexity index is 1720. The van der Waals surface area contributed by atoms with E-state index in [1.165, 1.54) is 28.9 Å². The Kier molecular flexibility index (Phi) is 9.26. The van der Waals surface area contributed by atoms with Crippen molar-refractivity contribution in [3.8, 4) is 11.4 Å². The summed E-state index contributed by atoms with van der Waals surface area (Å²) in [7, 11) is 1.66. The van der Waals surface area contributed by atoms with Crippen LogP contribution in [0.25, 0.3) is 17.0 Å². The van der Waals surface area contributed by atoms with Gasteiger partial charge in [-0.3, -0.25) is 9.69 Å². The lowest BCUT2D eigenvalue weighted by molar-refractivity contribution is -0.163. The molecule has 3 amide bonds. The molecule has 1 aliphatic rings. The van der Waals surface area contributed by atoms with Crippen molar-refractivity contribution in [3.05, 3.63) is 95.6 Å². The van der Waals surface area contributed by atoms with Crippen molar-refractivity contribution in [2.45, 2.75) is 38.2 Å². The van der Waals surface area contributed by atoms with E-state index in [1.54, 1.807) is 42.3 Å². The zero-order chi connectivity index (χ0) is 32.0. The highest BCUT2D eigenvalue weighted by Crippen LogP contribution is 2.29. The largest absolute Gasteiger partial charge is 0.477 e. The second kappa shape index (κ2) is 13.5. The fourth-order valence-corrected chi connectivity index (χ4v) is 4.88. The highest BCUT2D eigenvalue weighted by atomic mass is 19.3. The minimum atomic E-state index is -4.09. The molecule has 0 bridgehead atoms. The quantitative estimate of drug-likeness (QED) is 0.213. The predicted molar refractivity (Wildman–Crippen MR) is 164 cm³/mol. The molecular formula is C32H31F2N7O4. The van der Waals surface area contributed by atoms with Crippen molar-refractivity contribution >= 4 is 34.9 Å². The molecule has 3 aromatic carbocycles. The zero-order valence-corrected chi connectivity index (χ0v) is 24.4. The van der Waals surface area contributed by atoms with E-state index >= 15 is 0 Å². The summed E-state index contributed by atoms with van der Waals surface area (Å²) < 4.78 is 26.8. The Morgan fingerprint density at radius 3 is 2.40 bits per heavy atom. The molecule has 0 fully saturated rings. The number of aryl methyl sites for hydroxylation is 1. The van der Waals surface area contributed by atoms with Gasteiger partial charge in [0.25, 0.3) is 5.91 Å². The van der Waals surface area contributed by atoms with Gasteiger partial charge in [0.05, 0.1) is 20.1 Å². The van der Waals surface area contributed by atoms with Crippen LogP contribution in [0.4, 0.5) is 25.0 Å². The van der Waals surface area contributed by atoms with E-state index in [2.05, 4.69) is 26.8 Å². The van der Waals surface area contributed by atoms with Crippen LogP contribution in [0.15, 0.2) is 78.9 Å². The van der Waals surface area contributed by atoms with Crippen LogP contribution in [-0.4, -0.2) is 55.7 Å². The van der Waals surface area contributed by atoms with E-state index in [4.69, 9.17) is 5.11 Å². The van der Waals surface area contributed by atoms with E-state index in [0.29, 0.717) is 28.3 Å². The predicted octanol–water partition coefficient (Wildman–Crippen LogP) is 5.52. The number of nitrogens with one attached hydrogen (secondary N) is 2. The van der Waals surface area contributed by atoms with Gasteiger partial charge in [0, 0.05) is 22.5 Å². The molecule has 1 aliphatic carbocycles. The topological polar surface area (TPSA) is 142 Å². The Balaban J connectivity index is 1.36. The number of benzene rings is 3. The van der Waals surface area contributed by atoms with E-state index < -0.39 is 30.4 Å². The van der Waals surface area contributed by atoms with Crippen LogP contribution in [0.5, 0.6) is 0 Å². The van der Waals surface area contributed by atoms with Crippen molar-refractivity contribution in [1.29, 1.82) is 0 Å². The molecule has 232 valence electrons. The number of alkyl halides is 2. The summed E-state index contributed by atoms with van der Waals surface area (Å²) >= 11 is 0. The smallest absolute Gasteiger partial charge is 0.376 e. The Hall–Kier alpha value is -5.46. The number of carboxylic acids is 1. The lowest BCUT2D eigenvalue weighted by atomic mass is 9.93. The lowest BCUT2D eigenvalue weighted by Crippen LogP contribution is -2.42. The Morgan fingerprint density at radius 1 is 1.00 bits per heavy atom. The van der Waals surface area contributed by atoms with Crippen LogP contribution >= 0.6 is 0 Å². The summed E-state index contributed by atoms with van der Waals surface area (Å²) in [5, 5.41) is 25.5. The van der Waals surface area contributed by atoms with Gasteiger partial charge in [0.2, 0.25) is 5.82 Å². The van der Waals surface area contributed by atoms with Crippen LogP contribution in [-0.2, 0) is 18.4 Å². The van der Waals surface area contributed by atoms with Crippen molar-refractivity contribution in [2.24, 2.45) is 7.05 Å². The second-order valence-corrected chi connectivity index (χ2v) is 10.6. The zero-order valence-electron chi connectivity index (χ0n) is 24.4. The van der Waals surface area contributed by atoms with Gasteiger partial charge in [0.1, 0.15) is 0 Å². The van der Waals surface area contributed by atoms with Crippen LogP contribution < -0.4 is 15.5 Å². The summed E-state index contributed by atoms with van der Waals surface area (Å²) in [5.74, 6) is -6.84. The number of aromatic nitrogens is 4. The molecular weight excluding hydrogens is 584 g/mol. The molecule has 1 heterocycles. The molecule has 5 rings (SSSR count).